The summed E-state index contributed by atoms with van der Waals surface area (Å²) in [6.45, 7) is 1.97. The highest BCUT2D eigenvalue weighted by atomic mass is 19.3. The predicted molar refractivity (Wildman–Crippen MR) is 101 cm³/mol. The summed E-state index contributed by atoms with van der Waals surface area (Å²) in [4.78, 5) is 11.0. The Morgan fingerprint density at radius 3 is 2.59 bits per heavy atom. The first kappa shape index (κ1) is 23.8. The Morgan fingerprint density at radius 2 is 1.93 bits per heavy atom. The number of aliphatic hydroxyl groups is 2. The van der Waals surface area contributed by atoms with Crippen molar-refractivity contribution in [3.8, 4) is 0 Å². The Kier molecular flexibility index (Phi) is 10.8. The van der Waals surface area contributed by atoms with Crippen LogP contribution in [0.1, 0.15) is 64.7 Å². The van der Waals surface area contributed by atoms with E-state index in [0.717, 1.165) is 18.9 Å². The Morgan fingerprint density at radius 1 is 1.19 bits per heavy atom. The van der Waals surface area contributed by atoms with Gasteiger partial charge in [0, 0.05) is 25.2 Å². The maximum absolute atomic E-state index is 14.0. The number of hydrogen-bond acceptors (Lipinski definition) is 4. The van der Waals surface area contributed by atoms with Gasteiger partial charge in [-0.2, -0.15) is 0 Å². The van der Waals surface area contributed by atoms with Crippen molar-refractivity contribution in [3.05, 3.63) is 24.3 Å². The number of methoxy groups -OCH3 is 1. The first-order valence-corrected chi connectivity index (χ1v) is 9.95. The fourth-order valence-electron chi connectivity index (χ4n) is 3.49. The Balaban J connectivity index is 2.54. The van der Waals surface area contributed by atoms with E-state index in [0.29, 0.717) is 32.1 Å². The minimum absolute atomic E-state index is 0.187. The summed E-state index contributed by atoms with van der Waals surface area (Å²) in [6, 6.07) is 0. The molecule has 0 radical (unpaired) electrons. The lowest BCUT2D eigenvalue weighted by Crippen LogP contribution is -2.21. The molecule has 0 aromatic carbocycles. The molecule has 1 aliphatic carbocycles. The van der Waals surface area contributed by atoms with Crippen LogP contribution < -0.4 is 0 Å². The zero-order valence-electron chi connectivity index (χ0n) is 16.4. The summed E-state index contributed by atoms with van der Waals surface area (Å²) in [5, 5.41) is 20.3. The molecule has 0 amide bonds. The zero-order chi connectivity index (χ0) is 20.3. The number of aliphatic hydroxyl groups excluding tert-OH is 2. The number of ether oxygens (including phenoxy) is 1. The summed E-state index contributed by atoms with van der Waals surface area (Å²) in [7, 11) is 1.35. The number of unbranched alkanes of at least 4 members (excludes halogenated alkanes) is 3. The highest BCUT2D eigenvalue weighted by molar-refractivity contribution is 5.69. The average Bonchev–Trinajstić information content (AvgIpc) is 2.89. The van der Waals surface area contributed by atoms with E-state index in [1.165, 1.54) is 13.2 Å². The zero-order valence-corrected chi connectivity index (χ0v) is 16.4. The third-order valence-corrected chi connectivity index (χ3v) is 5.15. The molecule has 1 saturated carbocycles. The lowest BCUT2D eigenvalue weighted by molar-refractivity contribution is -0.140. The summed E-state index contributed by atoms with van der Waals surface area (Å²) in [5.74, 6) is -3.88. The van der Waals surface area contributed by atoms with Crippen molar-refractivity contribution < 1.29 is 28.5 Å². The van der Waals surface area contributed by atoms with E-state index in [1.807, 2.05) is 19.1 Å². The highest BCUT2D eigenvalue weighted by Gasteiger charge is 2.40. The second-order valence-electron chi connectivity index (χ2n) is 7.36. The summed E-state index contributed by atoms with van der Waals surface area (Å²) < 4.78 is 32.5. The molecule has 0 bridgehead atoms. The number of alkyl halides is 2. The molecule has 1 rings (SSSR count). The molecule has 2 N–H and O–H groups in total. The van der Waals surface area contributed by atoms with Crippen LogP contribution in [0.2, 0.25) is 0 Å². The first-order chi connectivity index (χ1) is 12.8. The van der Waals surface area contributed by atoms with Crippen molar-refractivity contribution in [3.63, 3.8) is 0 Å². The maximum atomic E-state index is 14.0. The molecule has 0 aromatic rings. The third-order valence-electron chi connectivity index (χ3n) is 5.15. The predicted octanol–water partition coefficient (Wildman–Crippen LogP) is 4.41. The van der Waals surface area contributed by atoms with E-state index in [1.54, 1.807) is 0 Å². The van der Waals surface area contributed by atoms with E-state index in [2.05, 4.69) is 4.74 Å². The largest absolute Gasteiger partial charge is 0.469 e. The molecular formula is C21H34F2O4. The lowest BCUT2D eigenvalue weighted by atomic mass is 9.89. The average molecular weight is 388 g/mol. The van der Waals surface area contributed by atoms with Crippen LogP contribution in [0.5, 0.6) is 0 Å². The molecule has 0 unspecified atom stereocenters. The SMILES string of the molecule is CCCCCC(F)(F)/C=C/[C@@H]1[C@@H](C/C=C\CCCC(=O)OC)[C@@H](O)C[C@H]1O. The minimum Gasteiger partial charge on any atom is -0.469 e. The molecule has 0 aliphatic heterocycles. The number of hydrogen-bond donors (Lipinski definition) is 2. The Labute approximate surface area is 161 Å². The van der Waals surface area contributed by atoms with Crippen molar-refractivity contribution in [2.24, 2.45) is 11.8 Å². The first-order valence-electron chi connectivity index (χ1n) is 9.95. The third kappa shape index (κ3) is 8.98. The smallest absolute Gasteiger partial charge is 0.305 e. The van der Waals surface area contributed by atoms with Gasteiger partial charge in [-0.3, -0.25) is 4.79 Å². The van der Waals surface area contributed by atoms with E-state index in [9.17, 15) is 23.8 Å². The van der Waals surface area contributed by atoms with E-state index in [4.69, 9.17) is 0 Å². The summed E-state index contributed by atoms with van der Waals surface area (Å²) in [5.41, 5.74) is 0. The molecule has 27 heavy (non-hydrogen) atoms. The molecule has 1 fully saturated rings. The van der Waals surface area contributed by atoms with Gasteiger partial charge in [0.15, 0.2) is 0 Å². The molecule has 0 heterocycles. The normalized spacial score (nSPS) is 26.3. The quantitative estimate of drug-likeness (QED) is 0.295. The van der Waals surface area contributed by atoms with Crippen LogP contribution in [-0.4, -0.2) is 41.4 Å². The van der Waals surface area contributed by atoms with Gasteiger partial charge >= 0.3 is 5.97 Å². The van der Waals surface area contributed by atoms with Crippen LogP contribution in [-0.2, 0) is 9.53 Å². The molecule has 4 nitrogen and oxygen atoms in total. The monoisotopic (exact) mass is 388 g/mol. The lowest BCUT2D eigenvalue weighted by Gasteiger charge is -2.20. The fourth-order valence-corrected chi connectivity index (χ4v) is 3.49. The van der Waals surface area contributed by atoms with Gasteiger partial charge in [0.25, 0.3) is 5.92 Å². The van der Waals surface area contributed by atoms with Crippen molar-refractivity contribution in [1.29, 1.82) is 0 Å². The Bertz CT molecular complexity index is 491. The van der Waals surface area contributed by atoms with Gasteiger partial charge in [-0.1, -0.05) is 38.0 Å². The highest BCUT2D eigenvalue weighted by Crippen LogP contribution is 2.37. The number of halogens is 2. The Hall–Kier alpha value is -1.27. The number of carbonyl (C=O) groups is 1. The van der Waals surface area contributed by atoms with Gasteiger partial charge in [-0.15, -0.1) is 0 Å². The van der Waals surface area contributed by atoms with Gasteiger partial charge in [0.1, 0.15) is 0 Å². The van der Waals surface area contributed by atoms with Crippen LogP contribution in [0.4, 0.5) is 8.78 Å². The van der Waals surface area contributed by atoms with E-state index >= 15 is 0 Å². The summed E-state index contributed by atoms with van der Waals surface area (Å²) >= 11 is 0. The number of carbonyl (C=O) groups excluding carboxylic acids is 1. The number of allylic oxidation sites excluding steroid dienone is 3. The van der Waals surface area contributed by atoms with Gasteiger partial charge in [-0.05, 0) is 37.7 Å². The number of rotatable bonds is 12. The maximum Gasteiger partial charge on any atom is 0.305 e. The number of esters is 1. The fraction of sp³-hybridized carbons (Fsp3) is 0.762. The van der Waals surface area contributed by atoms with Crippen LogP contribution in [0.15, 0.2) is 24.3 Å². The van der Waals surface area contributed by atoms with Gasteiger partial charge in [-0.25, -0.2) is 8.78 Å². The van der Waals surface area contributed by atoms with Crippen LogP contribution in [0.25, 0.3) is 0 Å². The van der Waals surface area contributed by atoms with Crippen molar-refractivity contribution in [2.75, 3.05) is 7.11 Å². The second-order valence-corrected chi connectivity index (χ2v) is 7.36. The summed E-state index contributed by atoms with van der Waals surface area (Å²) in [6.07, 6.45) is 8.99. The van der Waals surface area contributed by atoms with Gasteiger partial charge in [0.2, 0.25) is 0 Å². The van der Waals surface area contributed by atoms with Crippen LogP contribution in [0.3, 0.4) is 0 Å². The second kappa shape index (κ2) is 12.2. The van der Waals surface area contributed by atoms with Crippen molar-refractivity contribution >= 4 is 5.97 Å². The minimum atomic E-state index is -2.88. The standard InChI is InChI=1S/C21H34F2O4/c1-3-4-9-13-21(22,23)14-12-17-16(18(24)15-19(17)25)10-7-5-6-8-11-20(26)27-2/h5,7,12,14,16-19,24-25H,3-4,6,8-11,13,15H2,1-2H3/b7-5-,14-12+/t16-,17-,18+,19-/m1/s1. The molecule has 0 spiro atoms. The topological polar surface area (TPSA) is 66.8 Å². The molecule has 0 aromatic heterocycles. The molecule has 1 aliphatic rings. The van der Waals surface area contributed by atoms with Crippen LogP contribution >= 0.6 is 0 Å². The molecule has 4 atom stereocenters. The molecule has 0 saturated heterocycles. The van der Waals surface area contributed by atoms with Crippen molar-refractivity contribution in [2.45, 2.75) is 82.8 Å². The molecular weight excluding hydrogens is 354 g/mol. The van der Waals surface area contributed by atoms with Crippen molar-refractivity contribution in [1.82, 2.24) is 0 Å². The molecule has 6 heteroatoms. The van der Waals surface area contributed by atoms with E-state index in [-0.39, 0.29) is 24.7 Å². The van der Waals surface area contributed by atoms with E-state index < -0.39 is 24.0 Å². The van der Waals surface area contributed by atoms with Gasteiger partial charge in [0.05, 0.1) is 19.3 Å². The molecule has 156 valence electrons. The van der Waals surface area contributed by atoms with Crippen LogP contribution in [0, 0.1) is 11.8 Å². The van der Waals surface area contributed by atoms with Gasteiger partial charge < -0.3 is 14.9 Å².